The second-order valence-electron chi connectivity index (χ2n) is 4.13. The molecule has 1 saturated carbocycles. The summed E-state index contributed by atoms with van der Waals surface area (Å²) in [6, 6.07) is 0.746. The molecule has 0 spiro atoms. The van der Waals surface area contributed by atoms with Crippen LogP contribution in [-0.4, -0.2) is 22.1 Å². The molecule has 1 fully saturated rings. The van der Waals surface area contributed by atoms with Crippen LogP contribution in [0.2, 0.25) is 0 Å². The molecule has 0 bridgehead atoms. The SMILES string of the molecule is N[C@H]1CCCC[C@@H]1NCc1cnccn1. The van der Waals surface area contributed by atoms with Crippen molar-refractivity contribution in [1.82, 2.24) is 15.3 Å². The molecule has 1 aromatic heterocycles. The quantitative estimate of drug-likeness (QED) is 0.769. The number of aromatic nitrogens is 2. The van der Waals surface area contributed by atoms with Crippen LogP contribution in [0, 0.1) is 0 Å². The molecule has 0 aromatic carbocycles. The number of nitrogens with one attached hydrogen (secondary N) is 1. The van der Waals surface area contributed by atoms with Crippen molar-refractivity contribution in [3.8, 4) is 0 Å². The Morgan fingerprint density at radius 3 is 2.93 bits per heavy atom. The minimum Gasteiger partial charge on any atom is -0.326 e. The van der Waals surface area contributed by atoms with Crippen LogP contribution >= 0.6 is 0 Å². The van der Waals surface area contributed by atoms with E-state index in [1.165, 1.54) is 19.3 Å². The largest absolute Gasteiger partial charge is 0.326 e. The minimum atomic E-state index is 0.301. The molecule has 0 unspecified atom stereocenters. The van der Waals surface area contributed by atoms with E-state index in [0.29, 0.717) is 12.1 Å². The molecule has 4 nitrogen and oxygen atoms in total. The minimum absolute atomic E-state index is 0.301. The molecular formula is C11H18N4. The average molecular weight is 206 g/mol. The highest BCUT2D eigenvalue weighted by Crippen LogP contribution is 2.16. The highest BCUT2D eigenvalue weighted by molar-refractivity contribution is 4.95. The van der Waals surface area contributed by atoms with Gasteiger partial charge in [-0.3, -0.25) is 9.97 Å². The molecule has 1 aliphatic rings. The molecule has 0 saturated heterocycles. The van der Waals surface area contributed by atoms with E-state index in [1.807, 2.05) is 0 Å². The van der Waals surface area contributed by atoms with Gasteiger partial charge in [-0.1, -0.05) is 12.8 Å². The van der Waals surface area contributed by atoms with E-state index < -0.39 is 0 Å². The second kappa shape index (κ2) is 5.19. The molecule has 0 aliphatic heterocycles. The van der Waals surface area contributed by atoms with E-state index >= 15 is 0 Å². The normalized spacial score (nSPS) is 26.5. The van der Waals surface area contributed by atoms with Gasteiger partial charge >= 0.3 is 0 Å². The number of rotatable bonds is 3. The van der Waals surface area contributed by atoms with E-state index in [4.69, 9.17) is 5.73 Å². The van der Waals surface area contributed by atoms with Crippen LogP contribution in [0.1, 0.15) is 31.4 Å². The van der Waals surface area contributed by atoms with Crippen LogP contribution in [0.4, 0.5) is 0 Å². The first-order valence-electron chi connectivity index (χ1n) is 5.60. The van der Waals surface area contributed by atoms with Crippen molar-refractivity contribution < 1.29 is 0 Å². The van der Waals surface area contributed by atoms with Crippen molar-refractivity contribution in [1.29, 1.82) is 0 Å². The summed E-state index contributed by atoms with van der Waals surface area (Å²) in [6.45, 7) is 0.770. The summed E-state index contributed by atoms with van der Waals surface area (Å²) in [4.78, 5) is 8.26. The fourth-order valence-electron chi connectivity index (χ4n) is 2.07. The molecule has 0 amide bonds. The van der Waals surface area contributed by atoms with E-state index in [-0.39, 0.29) is 0 Å². The van der Waals surface area contributed by atoms with Crippen molar-refractivity contribution in [3.05, 3.63) is 24.3 Å². The van der Waals surface area contributed by atoms with Gasteiger partial charge in [-0.25, -0.2) is 0 Å². The standard InChI is InChI=1S/C11H18N4/c12-10-3-1-2-4-11(10)15-8-9-7-13-5-6-14-9/h5-7,10-11,15H,1-4,8,12H2/t10-,11-/m0/s1. The van der Waals surface area contributed by atoms with Crippen molar-refractivity contribution in [2.75, 3.05) is 0 Å². The van der Waals surface area contributed by atoms with Crippen molar-refractivity contribution in [2.24, 2.45) is 5.73 Å². The lowest BCUT2D eigenvalue weighted by Gasteiger charge is -2.29. The molecule has 2 atom stereocenters. The molecule has 3 N–H and O–H groups in total. The van der Waals surface area contributed by atoms with Crippen LogP contribution in [0.5, 0.6) is 0 Å². The zero-order valence-electron chi connectivity index (χ0n) is 8.89. The summed E-state index contributed by atoms with van der Waals surface area (Å²) in [5, 5.41) is 3.46. The Labute approximate surface area is 90.3 Å². The van der Waals surface area contributed by atoms with Crippen LogP contribution in [0.3, 0.4) is 0 Å². The number of nitrogens with zero attached hydrogens (tertiary/aromatic N) is 2. The first-order chi connectivity index (χ1) is 7.36. The molecular weight excluding hydrogens is 188 g/mol. The van der Waals surface area contributed by atoms with Gasteiger partial charge in [0.2, 0.25) is 0 Å². The third-order valence-corrected chi connectivity index (χ3v) is 2.98. The van der Waals surface area contributed by atoms with Gasteiger partial charge in [-0.2, -0.15) is 0 Å². The van der Waals surface area contributed by atoms with Crippen LogP contribution in [-0.2, 0) is 6.54 Å². The summed E-state index contributed by atoms with van der Waals surface area (Å²) >= 11 is 0. The van der Waals surface area contributed by atoms with Gasteiger partial charge in [0.15, 0.2) is 0 Å². The van der Waals surface area contributed by atoms with Crippen molar-refractivity contribution in [2.45, 2.75) is 44.3 Å². The smallest absolute Gasteiger partial charge is 0.0724 e. The van der Waals surface area contributed by atoms with Gasteiger partial charge in [0.1, 0.15) is 0 Å². The summed E-state index contributed by atoms with van der Waals surface area (Å²) in [6.07, 6.45) is 10.1. The second-order valence-corrected chi connectivity index (χ2v) is 4.13. The summed E-state index contributed by atoms with van der Waals surface area (Å²) < 4.78 is 0. The lowest BCUT2D eigenvalue weighted by Crippen LogP contribution is -2.46. The Morgan fingerprint density at radius 2 is 2.20 bits per heavy atom. The van der Waals surface area contributed by atoms with Crippen LogP contribution < -0.4 is 11.1 Å². The fraction of sp³-hybridized carbons (Fsp3) is 0.636. The zero-order valence-corrected chi connectivity index (χ0v) is 8.89. The molecule has 1 aliphatic carbocycles. The Bertz CT molecular complexity index is 288. The summed E-state index contributed by atoms with van der Waals surface area (Å²) in [7, 11) is 0. The molecule has 0 radical (unpaired) electrons. The molecule has 15 heavy (non-hydrogen) atoms. The van der Waals surface area contributed by atoms with Gasteiger partial charge in [-0.15, -0.1) is 0 Å². The van der Waals surface area contributed by atoms with Crippen LogP contribution in [0.25, 0.3) is 0 Å². The maximum absolute atomic E-state index is 6.04. The van der Waals surface area contributed by atoms with E-state index in [9.17, 15) is 0 Å². The maximum Gasteiger partial charge on any atom is 0.0724 e. The van der Waals surface area contributed by atoms with E-state index in [0.717, 1.165) is 18.7 Å². The third-order valence-electron chi connectivity index (χ3n) is 2.98. The predicted octanol–water partition coefficient (Wildman–Crippen LogP) is 0.836. The zero-order chi connectivity index (χ0) is 10.5. The van der Waals surface area contributed by atoms with Crippen LogP contribution in [0.15, 0.2) is 18.6 Å². The monoisotopic (exact) mass is 206 g/mol. The molecule has 2 rings (SSSR count). The number of hydrogen-bond acceptors (Lipinski definition) is 4. The fourth-order valence-corrected chi connectivity index (χ4v) is 2.07. The highest BCUT2D eigenvalue weighted by Gasteiger charge is 2.20. The lowest BCUT2D eigenvalue weighted by atomic mass is 9.91. The Morgan fingerprint density at radius 1 is 1.33 bits per heavy atom. The predicted molar refractivity (Wildman–Crippen MR) is 59.1 cm³/mol. The average Bonchev–Trinajstić information content (AvgIpc) is 2.29. The third kappa shape index (κ3) is 2.97. The first kappa shape index (κ1) is 10.5. The van der Waals surface area contributed by atoms with E-state index in [2.05, 4.69) is 15.3 Å². The molecule has 4 heteroatoms. The lowest BCUT2D eigenvalue weighted by molar-refractivity contribution is 0.325. The maximum atomic E-state index is 6.04. The van der Waals surface area contributed by atoms with Gasteiger partial charge < -0.3 is 11.1 Å². The van der Waals surface area contributed by atoms with Gasteiger partial charge in [-0.05, 0) is 12.8 Å². The Hall–Kier alpha value is -1.00. The van der Waals surface area contributed by atoms with Gasteiger partial charge in [0, 0.05) is 37.2 Å². The van der Waals surface area contributed by atoms with Crippen molar-refractivity contribution >= 4 is 0 Å². The number of nitrogens with two attached hydrogens (primary N) is 1. The Kier molecular flexibility index (Phi) is 3.64. The highest BCUT2D eigenvalue weighted by atomic mass is 15.0. The first-order valence-corrected chi connectivity index (χ1v) is 5.60. The van der Waals surface area contributed by atoms with Crippen molar-refractivity contribution in [3.63, 3.8) is 0 Å². The van der Waals surface area contributed by atoms with E-state index in [1.54, 1.807) is 18.6 Å². The van der Waals surface area contributed by atoms with Gasteiger partial charge in [0.05, 0.1) is 5.69 Å². The Balaban J connectivity index is 1.82. The molecule has 82 valence electrons. The topological polar surface area (TPSA) is 63.8 Å². The molecule has 1 aromatic rings. The van der Waals surface area contributed by atoms with Gasteiger partial charge in [0.25, 0.3) is 0 Å². The summed E-state index contributed by atoms with van der Waals surface area (Å²) in [5.74, 6) is 0. The summed E-state index contributed by atoms with van der Waals surface area (Å²) in [5.41, 5.74) is 7.03. The number of hydrogen-bond donors (Lipinski definition) is 2. The molecule has 1 heterocycles.